The number of nitrogens with two attached hydrogens (primary N) is 1. The average Bonchev–Trinajstić information content (AvgIpc) is 3.00. The number of hydrogen-bond donors (Lipinski definition) is 2. The summed E-state index contributed by atoms with van der Waals surface area (Å²) < 4.78 is 2.09. The van der Waals surface area contributed by atoms with Gasteiger partial charge in [0.1, 0.15) is 5.82 Å². The molecule has 0 radical (unpaired) electrons. The van der Waals surface area contributed by atoms with Gasteiger partial charge in [-0.2, -0.15) is 0 Å². The number of carbonyl (C=O) groups excluding carboxylic acids is 1. The van der Waals surface area contributed by atoms with Gasteiger partial charge in [-0.3, -0.25) is 4.79 Å². The molecule has 24 heavy (non-hydrogen) atoms. The number of aromatic nitrogens is 2. The van der Waals surface area contributed by atoms with E-state index in [0.717, 1.165) is 25.2 Å². The maximum atomic E-state index is 12.0. The van der Waals surface area contributed by atoms with Gasteiger partial charge >= 0.3 is 0 Å². The fourth-order valence-corrected chi connectivity index (χ4v) is 2.72. The summed E-state index contributed by atoms with van der Waals surface area (Å²) in [5.74, 6) is 1.17. The second-order valence-electron chi connectivity index (χ2n) is 6.58. The summed E-state index contributed by atoms with van der Waals surface area (Å²) >= 11 is 0. The first-order chi connectivity index (χ1) is 11.6. The van der Waals surface area contributed by atoms with E-state index in [9.17, 15) is 4.79 Å². The third-order valence-corrected chi connectivity index (χ3v) is 3.99. The van der Waals surface area contributed by atoms with Crippen LogP contribution in [-0.4, -0.2) is 21.5 Å². The van der Waals surface area contributed by atoms with Gasteiger partial charge in [0, 0.05) is 18.9 Å². The van der Waals surface area contributed by atoms with Gasteiger partial charge in [-0.1, -0.05) is 44.2 Å². The number of amides is 1. The molecule has 2 rings (SSSR count). The third-order valence-electron chi connectivity index (χ3n) is 3.99. The Labute approximate surface area is 144 Å². The van der Waals surface area contributed by atoms with Crippen LogP contribution in [0, 0.1) is 5.92 Å². The van der Waals surface area contributed by atoms with Crippen LogP contribution >= 0.6 is 0 Å². The standard InChI is InChI=1S/C19H28N4O/c1-15(2)13-17(20)19(24)22-14-18-21-10-12-23(18)11-6-9-16-7-4-3-5-8-16/h3-5,7-8,10,12,15,17H,6,9,11,13-14,20H2,1-2H3,(H,22,24)/t17-/m0/s1. The van der Waals surface area contributed by atoms with Crippen LogP contribution in [0.2, 0.25) is 0 Å². The molecule has 1 atom stereocenters. The van der Waals surface area contributed by atoms with Crippen LogP contribution in [0.25, 0.3) is 0 Å². The number of aryl methyl sites for hydroxylation is 2. The number of nitrogens with zero attached hydrogens (tertiary/aromatic N) is 2. The smallest absolute Gasteiger partial charge is 0.237 e. The normalized spacial score (nSPS) is 12.3. The zero-order valence-electron chi connectivity index (χ0n) is 14.6. The lowest BCUT2D eigenvalue weighted by Crippen LogP contribution is -2.41. The first-order valence-corrected chi connectivity index (χ1v) is 8.63. The minimum Gasteiger partial charge on any atom is -0.348 e. The van der Waals surface area contributed by atoms with Crippen LogP contribution in [0.1, 0.15) is 38.1 Å². The highest BCUT2D eigenvalue weighted by atomic mass is 16.2. The highest BCUT2D eigenvalue weighted by Gasteiger charge is 2.15. The van der Waals surface area contributed by atoms with E-state index in [4.69, 9.17) is 5.73 Å². The van der Waals surface area contributed by atoms with Gasteiger partial charge in [0.15, 0.2) is 0 Å². The molecule has 3 N–H and O–H groups in total. The highest BCUT2D eigenvalue weighted by molar-refractivity contribution is 5.81. The number of nitrogens with one attached hydrogen (secondary N) is 1. The molecular formula is C19H28N4O. The Morgan fingerprint density at radius 3 is 2.75 bits per heavy atom. The van der Waals surface area contributed by atoms with Crippen molar-refractivity contribution in [1.29, 1.82) is 0 Å². The van der Waals surface area contributed by atoms with E-state index in [2.05, 4.69) is 53.0 Å². The molecule has 0 saturated carbocycles. The van der Waals surface area contributed by atoms with Crippen molar-refractivity contribution in [3.05, 3.63) is 54.1 Å². The number of hydrogen-bond acceptors (Lipinski definition) is 3. The monoisotopic (exact) mass is 328 g/mol. The van der Waals surface area contributed by atoms with Crippen molar-refractivity contribution in [2.75, 3.05) is 0 Å². The Morgan fingerprint density at radius 1 is 1.29 bits per heavy atom. The molecule has 0 unspecified atom stereocenters. The fourth-order valence-electron chi connectivity index (χ4n) is 2.72. The Morgan fingerprint density at radius 2 is 2.04 bits per heavy atom. The van der Waals surface area contributed by atoms with Gasteiger partial charge < -0.3 is 15.6 Å². The summed E-state index contributed by atoms with van der Waals surface area (Å²) in [5, 5.41) is 2.89. The maximum Gasteiger partial charge on any atom is 0.237 e. The lowest BCUT2D eigenvalue weighted by Gasteiger charge is -2.14. The topological polar surface area (TPSA) is 72.9 Å². The molecule has 0 aliphatic heterocycles. The van der Waals surface area contributed by atoms with Gasteiger partial charge in [0.05, 0.1) is 12.6 Å². The Hall–Kier alpha value is -2.14. The van der Waals surface area contributed by atoms with Gasteiger partial charge in [0.25, 0.3) is 0 Å². The summed E-state index contributed by atoms with van der Waals surface area (Å²) in [5.41, 5.74) is 7.24. The van der Waals surface area contributed by atoms with E-state index < -0.39 is 6.04 Å². The SMILES string of the molecule is CC(C)C[C@H](N)C(=O)NCc1nccn1CCCc1ccccc1. The molecule has 0 spiro atoms. The van der Waals surface area contributed by atoms with Crippen molar-refractivity contribution < 1.29 is 4.79 Å². The average molecular weight is 328 g/mol. The molecule has 0 aliphatic rings. The summed E-state index contributed by atoms with van der Waals surface area (Å²) in [6, 6.07) is 9.99. The molecule has 5 nitrogen and oxygen atoms in total. The zero-order valence-corrected chi connectivity index (χ0v) is 14.6. The maximum absolute atomic E-state index is 12.0. The predicted molar refractivity (Wildman–Crippen MR) is 96.3 cm³/mol. The van der Waals surface area contributed by atoms with Crippen LogP contribution in [0.5, 0.6) is 0 Å². The quantitative estimate of drug-likeness (QED) is 0.743. The van der Waals surface area contributed by atoms with Crippen molar-refractivity contribution in [3.63, 3.8) is 0 Å². The van der Waals surface area contributed by atoms with E-state index in [-0.39, 0.29) is 5.91 Å². The molecule has 0 saturated heterocycles. The lowest BCUT2D eigenvalue weighted by molar-refractivity contribution is -0.122. The summed E-state index contributed by atoms with van der Waals surface area (Å²) in [6.07, 6.45) is 6.49. The number of imidazole rings is 1. The van der Waals surface area contributed by atoms with Gasteiger partial charge in [0.2, 0.25) is 5.91 Å². The number of benzene rings is 1. The molecular weight excluding hydrogens is 300 g/mol. The summed E-state index contributed by atoms with van der Waals surface area (Å²) in [7, 11) is 0. The molecule has 0 aliphatic carbocycles. The van der Waals surface area contributed by atoms with Crippen molar-refractivity contribution in [3.8, 4) is 0 Å². The van der Waals surface area contributed by atoms with E-state index in [1.807, 2.05) is 12.3 Å². The van der Waals surface area contributed by atoms with E-state index in [0.29, 0.717) is 18.9 Å². The highest BCUT2D eigenvalue weighted by Crippen LogP contribution is 2.06. The second kappa shape index (κ2) is 9.23. The van der Waals surface area contributed by atoms with Gasteiger partial charge in [-0.15, -0.1) is 0 Å². The van der Waals surface area contributed by atoms with Crippen LogP contribution in [0.4, 0.5) is 0 Å². The van der Waals surface area contributed by atoms with Crippen molar-refractivity contribution in [1.82, 2.24) is 14.9 Å². The molecule has 1 amide bonds. The molecule has 130 valence electrons. The van der Waals surface area contributed by atoms with E-state index >= 15 is 0 Å². The lowest BCUT2D eigenvalue weighted by atomic mass is 10.0. The molecule has 5 heteroatoms. The summed E-state index contributed by atoms with van der Waals surface area (Å²) in [4.78, 5) is 16.4. The van der Waals surface area contributed by atoms with Crippen LogP contribution in [0.3, 0.4) is 0 Å². The first-order valence-electron chi connectivity index (χ1n) is 8.63. The minimum atomic E-state index is -0.452. The third kappa shape index (κ3) is 5.81. The van der Waals surface area contributed by atoms with Crippen molar-refractivity contribution in [2.45, 2.75) is 52.2 Å². The van der Waals surface area contributed by atoms with Gasteiger partial charge in [-0.25, -0.2) is 4.98 Å². The molecule has 1 aromatic heterocycles. The van der Waals surface area contributed by atoms with Crippen LogP contribution < -0.4 is 11.1 Å². The largest absolute Gasteiger partial charge is 0.348 e. The second-order valence-corrected chi connectivity index (χ2v) is 6.58. The first kappa shape index (κ1) is 18.2. The van der Waals surface area contributed by atoms with E-state index in [1.54, 1.807) is 6.20 Å². The molecule has 1 aromatic carbocycles. The van der Waals surface area contributed by atoms with Crippen LogP contribution in [0.15, 0.2) is 42.7 Å². The summed E-state index contributed by atoms with van der Waals surface area (Å²) in [6.45, 7) is 5.43. The Kier molecular flexibility index (Phi) is 7.00. The number of rotatable bonds is 9. The Balaban J connectivity index is 1.79. The molecule has 0 bridgehead atoms. The van der Waals surface area contributed by atoms with E-state index in [1.165, 1.54) is 5.56 Å². The Bertz CT molecular complexity index is 621. The number of carbonyl (C=O) groups is 1. The van der Waals surface area contributed by atoms with Crippen molar-refractivity contribution in [2.24, 2.45) is 11.7 Å². The van der Waals surface area contributed by atoms with Crippen molar-refractivity contribution >= 4 is 5.91 Å². The minimum absolute atomic E-state index is 0.109. The fraction of sp³-hybridized carbons (Fsp3) is 0.474. The molecule has 0 fully saturated rings. The zero-order chi connectivity index (χ0) is 17.4. The van der Waals surface area contributed by atoms with Crippen LogP contribution in [-0.2, 0) is 24.3 Å². The van der Waals surface area contributed by atoms with Gasteiger partial charge in [-0.05, 0) is 30.7 Å². The molecule has 1 heterocycles. The molecule has 2 aromatic rings. The predicted octanol–water partition coefficient (Wildman–Crippen LogP) is 2.51.